The fourth-order valence-corrected chi connectivity index (χ4v) is 9.40. The topological polar surface area (TPSA) is 119 Å². The molecule has 268 valence electrons. The SMILES string of the molecule is COc1ccc(-c2ncc(CN3CC[C@@H](C(=O)N4CCC(O)(Cn5cnc6c(ccn6-c6ccc(C)s6)c5=O)CC4)[C@H](c4ccccc4)C3)s2)cn1. The van der Waals surface area contributed by atoms with Crippen LogP contribution in [0.4, 0.5) is 0 Å². The summed E-state index contributed by atoms with van der Waals surface area (Å²) in [6, 6.07) is 20.0. The van der Waals surface area contributed by atoms with Gasteiger partial charge in [-0.3, -0.25) is 23.6 Å². The fourth-order valence-electron chi connectivity index (χ4n) is 7.61. The molecule has 2 saturated heterocycles. The molecule has 52 heavy (non-hydrogen) atoms. The number of aryl methyl sites for hydroxylation is 1. The van der Waals surface area contributed by atoms with Crippen LogP contribution in [0.5, 0.6) is 5.88 Å². The quantitative estimate of drug-likeness (QED) is 0.200. The maximum atomic E-state index is 14.2. The number of likely N-dealkylation sites (tertiary alicyclic amines) is 2. The summed E-state index contributed by atoms with van der Waals surface area (Å²) in [6.45, 7) is 5.41. The highest BCUT2D eigenvalue weighted by molar-refractivity contribution is 7.15. The van der Waals surface area contributed by atoms with Crippen molar-refractivity contribution in [3.05, 3.63) is 111 Å². The van der Waals surface area contributed by atoms with Gasteiger partial charge in [-0.25, -0.2) is 15.0 Å². The van der Waals surface area contributed by atoms with Crippen molar-refractivity contribution in [3.63, 3.8) is 0 Å². The summed E-state index contributed by atoms with van der Waals surface area (Å²) in [5.74, 6) is 0.609. The van der Waals surface area contributed by atoms with Crippen LogP contribution in [0.1, 0.15) is 40.5 Å². The second-order valence-electron chi connectivity index (χ2n) is 13.9. The molecule has 0 unspecified atom stereocenters. The standard InChI is InChI=1S/C39H41N7O4S2/c1-26-8-11-34(51-26)46-17-13-31-35(46)42-25-45(38(31)48)24-39(49)14-18-44(19-15-39)37(47)30-12-16-43(23-32(30)27-6-4-3-5-7-27)22-29-21-41-36(52-29)28-9-10-33(50-2)40-20-28/h3-11,13,17,20-21,25,30,32,49H,12,14-16,18-19,22-24H2,1-2H3/t30-,32+/m1/s1. The second-order valence-corrected chi connectivity index (χ2v) is 16.3. The zero-order valence-corrected chi connectivity index (χ0v) is 30.9. The van der Waals surface area contributed by atoms with Crippen LogP contribution < -0.4 is 10.3 Å². The number of thiophene rings is 1. The van der Waals surface area contributed by atoms with E-state index in [1.807, 2.05) is 71.2 Å². The first-order chi connectivity index (χ1) is 25.3. The van der Waals surface area contributed by atoms with Gasteiger partial charge >= 0.3 is 0 Å². The van der Waals surface area contributed by atoms with Gasteiger partial charge in [0.1, 0.15) is 16.3 Å². The summed E-state index contributed by atoms with van der Waals surface area (Å²) >= 11 is 3.31. The molecule has 2 fully saturated rings. The Morgan fingerprint density at radius 3 is 2.54 bits per heavy atom. The van der Waals surface area contributed by atoms with Crippen molar-refractivity contribution in [1.29, 1.82) is 0 Å². The molecule has 1 N–H and O–H groups in total. The summed E-state index contributed by atoms with van der Waals surface area (Å²) < 4.78 is 8.64. The lowest BCUT2D eigenvalue weighted by Gasteiger charge is -2.43. The molecule has 2 aliphatic heterocycles. The van der Waals surface area contributed by atoms with Gasteiger partial charge in [-0.2, -0.15) is 0 Å². The van der Waals surface area contributed by atoms with E-state index < -0.39 is 5.60 Å². The average molecular weight is 736 g/mol. The average Bonchev–Trinajstić information content (AvgIpc) is 3.93. The number of amides is 1. The number of methoxy groups -OCH3 is 1. The van der Waals surface area contributed by atoms with E-state index in [1.54, 1.807) is 48.4 Å². The predicted molar refractivity (Wildman–Crippen MR) is 203 cm³/mol. The summed E-state index contributed by atoms with van der Waals surface area (Å²) in [5.41, 5.74) is 1.45. The predicted octanol–water partition coefficient (Wildman–Crippen LogP) is 5.74. The Hall–Kier alpha value is -4.69. The molecule has 13 heteroatoms. The van der Waals surface area contributed by atoms with Crippen molar-refractivity contribution in [2.75, 3.05) is 33.3 Å². The third-order valence-corrected chi connectivity index (χ3v) is 12.5. The van der Waals surface area contributed by atoms with Crippen molar-refractivity contribution in [3.8, 4) is 21.5 Å². The molecule has 1 amide bonds. The minimum absolute atomic E-state index is 0.0446. The number of hydrogen-bond acceptors (Lipinski definition) is 10. The molecular weight excluding hydrogens is 695 g/mol. The van der Waals surface area contributed by atoms with E-state index >= 15 is 0 Å². The van der Waals surface area contributed by atoms with Gasteiger partial charge < -0.3 is 14.7 Å². The Morgan fingerprint density at radius 1 is 0.981 bits per heavy atom. The maximum absolute atomic E-state index is 14.2. The maximum Gasteiger partial charge on any atom is 0.262 e. The van der Waals surface area contributed by atoms with Crippen LogP contribution in [0.3, 0.4) is 0 Å². The summed E-state index contributed by atoms with van der Waals surface area (Å²) in [7, 11) is 1.60. The van der Waals surface area contributed by atoms with Crippen molar-refractivity contribution in [2.45, 2.75) is 50.8 Å². The van der Waals surface area contributed by atoms with Crippen LogP contribution in [-0.4, -0.2) is 83.8 Å². The number of ether oxygens (including phenoxy) is 1. The zero-order chi connectivity index (χ0) is 35.8. The zero-order valence-electron chi connectivity index (χ0n) is 29.2. The number of benzene rings is 1. The molecule has 1 aromatic carbocycles. The van der Waals surface area contributed by atoms with E-state index in [9.17, 15) is 14.7 Å². The van der Waals surface area contributed by atoms with E-state index in [0.29, 0.717) is 42.8 Å². The molecule has 7 heterocycles. The lowest BCUT2D eigenvalue weighted by Crippen LogP contribution is -2.53. The largest absolute Gasteiger partial charge is 0.481 e. The van der Waals surface area contributed by atoms with Crippen LogP contribution in [0.15, 0.2) is 90.4 Å². The lowest BCUT2D eigenvalue weighted by molar-refractivity contribution is -0.142. The van der Waals surface area contributed by atoms with Crippen LogP contribution in [0, 0.1) is 12.8 Å². The van der Waals surface area contributed by atoms with Gasteiger partial charge in [0.15, 0.2) is 5.65 Å². The molecule has 11 nitrogen and oxygen atoms in total. The van der Waals surface area contributed by atoms with Gasteiger partial charge in [0.25, 0.3) is 5.56 Å². The smallest absolute Gasteiger partial charge is 0.262 e. The van der Waals surface area contributed by atoms with Crippen molar-refractivity contribution in [1.82, 2.24) is 33.9 Å². The Balaban J connectivity index is 0.923. The van der Waals surface area contributed by atoms with E-state index in [1.165, 1.54) is 19.9 Å². The molecule has 0 bridgehead atoms. The first-order valence-corrected chi connectivity index (χ1v) is 19.3. The van der Waals surface area contributed by atoms with Crippen molar-refractivity contribution < 1.29 is 14.6 Å². The third kappa shape index (κ3) is 6.93. The fraction of sp³-hybridized carbons (Fsp3) is 0.359. The molecule has 0 saturated carbocycles. The molecule has 0 radical (unpaired) electrons. The molecule has 6 aromatic rings. The first-order valence-electron chi connectivity index (χ1n) is 17.6. The number of piperidine rings is 2. The van der Waals surface area contributed by atoms with E-state index in [2.05, 4.69) is 32.0 Å². The van der Waals surface area contributed by atoms with E-state index in [0.717, 1.165) is 41.6 Å². The van der Waals surface area contributed by atoms with Gasteiger partial charge in [-0.1, -0.05) is 30.3 Å². The van der Waals surface area contributed by atoms with Crippen LogP contribution in [0.25, 0.3) is 26.6 Å². The highest BCUT2D eigenvalue weighted by Gasteiger charge is 2.41. The van der Waals surface area contributed by atoms with Gasteiger partial charge in [0.05, 0.1) is 24.6 Å². The number of aliphatic hydroxyl groups is 1. The molecule has 2 aliphatic rings. The van der Waals surface area contributed by atoms with Crippen LogP contribution >= 0.6 is 22.7 Å². The van der Waals surface area contributed by atoms with Gasteiger partial charge in [-0.15, -0.1) is 22.7 Å². The summed E-state index contributed by atoms with van der Waals surface area (Å²) in [5, 5.41) is 14.1. The number of aromatic nitrogens is 5. The Labute approximate surface area is 309 Å². The monoisotopic (exact) mass is 735 g/mol. The number of thiazole rings is 1. The second kappa shape index (κ2) is 14.4. The van der Waals surface area contributed by atoms with Crippen LogP contribution in [0.2, 0.25) is 0 Å². The van der Waals surface area contributed by atoms with Crippen molar-refractivity contribution >= 4 is 39.6 Å². The number of carbonyl (C=O) groups excluding carboxylic acids is 1. The number of nitrogens with zero attached hydrogens (tertiary/aromatic N) is 7. The number of carbonyl (C=O) groups is 1. The lowest BCUT2D eigenvalue weighted by atomic mass is 9.79. The van der Waals surface area contributed by atoms with Crippen molar-refractivity contribution in [2.24, 2.45) is 5.92 Å². The molecule has 5 aromatic heterocycles. The minimum atomic E-state index is -1.11. The molecular formula is C39H41N7O4S2. The van der Waals surface area contributed by atoms with Gasteiger partial charge in [0, 0.05) is 78.0 Å². The van der Waals surface area contributed by atoms with Gasteiger partial charge in [0.2, 0.25) is 11.8 Å². The Kier molecular flexibility index (Phi) is 9.51. The minimum Gasteiger partial charge on any atom is -0.481 e. The Morgan fingerprint density at radius 2 is 1.81 bits per heavy atom. The summed E-state index contributed by atoms with van der Waals surface area (Å²) in [6.07, 6.45) is 8.68. The van der Waals surface area contributed by atoms with Crippen LogP contribution in [-0.2, 0) is 17.9 Å². The third-order valence-electron chi connectivity index (χ3n) is 10.5. The van der Waals surface area contributed by atoms with E-state index in [-0.39, 0.29) is 29.8 Å². The Bertz CT molecular complexity index is 2240. The normalized spacial score (nSPS) is 19.2. The van der Waals surface area contributed by atoms with E-state index in [4.69, 9.17) is 4.74 Å². The molecule has 0 spiro atoms. The number of pyridine rings is 1. The number of hydrogen-bond donors (Lipinski definition) is 1. The molecule has 2 atom stereocenters. The highest BCUT2D eigenvalue weighted by atomic mass is 32.1. The number of rotatable bonds is 9. The molecule has 8 rings (SSSR count). The molecule has 0 aliphatic carbocycles. The van der Waals surface area contributed by atoms with Gasteiger partial charge in [-0.05, 0) is 62.6 Å². The highest BCUT2D eigenvalue weighted by Crippen LogP contribution is 2.37. The summed E-state index contributed by atoms with van der Waals surface area (Å²) in [4.78, 5) is 48.1. The number of fused-ring (bicyclic) bond motifs is 1. The first kappa shape index (κ1) is 34.4.